The molecule has 0 spiro atoms. The number of carbonyl (C=O) groups is 1. The number of aliphatic hydroxyl groups excluding tert-OH is 1. The lowest BCUT2D eigenvalue weighted by atomic mass is 9.76. The van der Waals surface area contributed by atoms with E-state index in [4.69, 9.17) is 14.2 Å². The second kappa shape index (κ2) is 3.26. The van der Waals surface area contributed by atoms with E-state index in [-0.39, 0.29) is 54.6 Å². The van der Waals surface area contributed by atoms with Crippen LogP contribution >= 0.6 is 0 Å². The van der Waals surface area contributed by atoms with E-state index in [0.717, 1.165) is 6.42 Å². The van der Waals surface area contributed by atoms with Gasteiger partial charge in [0.25, 0.3) is 0 Å². The second-order valence-electron chi connectivity index (χ2n) is 6.39. The van der Waals surface area contributed by atoms with Crippen molar-refractivity contribution in [1.82, 2.24) is 0 Å². The quantitative estimate of drug-likeness (QED) is 0.682. The normalized spacial score (nSPS) is 55.5. The average molecular weight is 254 g/mol. The van der Waals surface area contributed by atoms with Crippen LogP contribution < -0.4 is 0 Å². The van der Waals surface area contributed by atoms with Crippen LogP contribution in [0.3, 0.4) is 0 Å². The summed E-state index contributed by atoms with van der Waals surface area (Å²) in [6.45, 7) is 3.75. The van der Waals surface area contributed by atoms with Gasteiger partial charge in [-0.1, -0.05) is 0 Å². The Morgan fingerprint density at radius 1 is 1.28 bits per heavy atom. The van der Waals surface area contributed by atoms with E-state index in [2.05, 4.69) is 0 Å². The van der Waals surface area contributed by atoms with Crippen LogP contribution in [0.5, 0.6) is 0 Å². The fraction of sp³-hybridized carbons (Fsp3) is 0.923. The van der Waals surface area contributed by atoms with Gasteiger partial charge in [0.15, 0.2) is 5.79 Å². The topological polar surface area (TPSA) is 65.0 Å². The Bertz CT molecular complexity index is 406. The Hall–Kier alpha value is -0.650. The number of hydrogen-bond donors (Lipinski definition) is 1. The molecule has 0 aromatic heterocycles. The summed E-state index contributed by atoms with van der Waals surface area (Å²) in [4.78, 5) is 11.9. The van der Waals surface area contributed by atoms with Gasteiger partial charge in [-0.05, 0) is 26.2 Å². The molecule has 5 nitrogen and oxygen atoms in total. The van der Waals surface area contributed by atoms with Gasteiger partial charge in [-0.2, -0.15) is 0 Å². The third kappa shape index (κ3) is 1.20. The molecule has 4 aliphatic rings. The molecule has 5 heteroatoms. The van der Waals surface area contributed by atoms with Crippen molar-refractivity contribution < 1.29 is 24.1 Å². The molecule has 0 radical (unpaired) electrons. The zero-order valence-corrected chi connectivity index (χ0v) is 10.5. The molecule has 18 heavy (non-hydrogen) atoms. The molecular weight excluding hydrogens is 236 g/mol. The summed E-state index contributed by atoms with van der Waals surface area (Å²) in [6.07, 6.45) is 0.712. The first-order chi connectivity index (χ1) is 8.52. The third-order valence-corrected chi connectivity index (χ3v) is 5.07. The largest absolute Gasteiger partial charge is 0.459 e. The molecule has 0 amide bonds. The minimum absolute atomic E-state index is 0.0243. The van der Waals surface area contributed by atoms with E-state index in [1.807, 2.05) is 13.8 Å². The fourth-order valence-electron chi connectivity index (χ4n) is 4.64. The zero-order chi connectivity index (χ0) is 12.7. The van der Waals surface area contributed by atoms with Crippen LogP contribution in [0, 0.1) is 23.7 Å². The van der Waals surface area contributed by atoms with E-state index in [1.54, 1.807) is 0 Å². The van der Waals surface area contributed by atoms with Gasteiger partial charge in [-0.15, -0.1) is 0 Å². The van der Waals surface area contributed by atoms with Crippen LogP contribution in [0.15, 0.2) is 0 Å². The van der Waals surface area contributed by atoms with Crippen molar-refractivity contribution in [3.63, 3.8) is 0 Å². The Labute approximate surface area is 105 Å². The molecule has 0 unspecified atom stereocenters. The van der Waals surface area contributed by atoms with Crippen LogP contribution in [0.1, 0.15) is 20.3 Å². The maximum atomic E-state index is 11.9. The van der Waals surface area contributed by atoms with Crippen LogP contribution in [0.25, 0.3) is 0 Å². The van der Waals surface area contributed by atoms with Gasteiger partial charge < -0.3 is 19.3 Å². The number of ether oxygens (including phenoxy) is 3. The van der Waals surface area contributed by atoms with Crippen LogP contribution in [0.4, 0.5) is 0 Å². The Kier molecular flexibility index (Phi) is 2.03. The van der Waals surface area contributed by atoms with E-state index in [9.17, 15) is 9.90 Å². The molecule has 7 atom stereocenters. The molecule has 2 aliphatic carbocycles. The summed E-state index contributed by atoms with van der Waals surface area (Å²) in [6, 6.07) is 0. The number of fused-ring (bicyclic) bond motifs is 8. The van der Waals surface area contributed by atoms with Gasteiger partial charge in [0.1, 0.15) is 6.10 Å². The predicted octanol–water partition coefficient (Wildman–Crippen LogP) is 0.306. The summed E-state index contributed by atoms with van der Waals surface area (Å²) < 4.78 is 17.2. The number of aliphatic hydroxyl groups is 1. The van der Waals surface area contributed by atoms with Crippen molar-refractivity contribution in [3.8, 4) is 0 Å². The lowest BCUT2D eigenvalue weighted by Crippen LogP contribution is -2.42. The summed E-state index contributed by atoms with van der Waals surface area (Å²) in [5.74, 6) is -0.189. The number of rotatable bonds is 1. The third-order valence-electron chi connectivity index (χ3n) is 5.07. The summed E-state index contributed by atoms with van der Waals surface area (Å²) >= 11 is 0. The molecule has 2 saturated carbocycles. The fourth-order valence-corrected chi connectivity index (χ4v) is 4.64. The molecule has 1 N–H and O–H groups in total. The minimum atomic E-state index is -0.552. The highest BCUT2D eigenvalue weighted by atomic mass is 16.8. The molecule has 100 valence electrons. The van der Waals surface area contributed by atoms with E-state index >= 15 is 0 Å². The molecular formula is C13H18O5. The predicted molar refractivity (Wildman–Crippen MR) is 59.4 cm³/mol. The maximum Gasteiger partial charge on any atom is 0.310 e. The van der Waals surface area contributed by atoms with Crippen molar-refractivity contribution in [2.24, 2.45) is 23.7 Å². The Morgan fingerprint density at radius 2 is 1.94 bits per heavy atom. The lowest BCUT2D eigenvalue weighted by Gasteiger charge is -2.30. The lowest BCUT2D eigenvalue weighted by molar-refractivity contribution is -0.163. The number of hydrogen-bond acceptors (Lipinski definition) is 5. The first-order valence-electron chi connectivity index (χ1n) is 6.69. The summed E-state index contributed by atoms with van der Waals surface area (Å²) in [5.41, 5.74) is 0. The van der Waals surface area contributed by atoms with Crippen molar-refractivity contribution in [2.45, 2.75) is 44.4 Å². The molecule has 2 aliphatic heterocycles. The standard InChI is InChI=1S/C13H18O5/c1-13(2)17-10-5-3-6(11(10)18-13)9-8(5)7(4-14)16-12(9)15/h5-11,14H,3-4H2,1-2H3/t5-,6+,7+,8+,9+,10-,11+/m0/s1. The van der Waals surface area contributed by atoms with Gasteiger partial charge in [0.05, 0.1) is 24.7 Å². The molecule has 0 aromatic carbocycles. The first-order valence-corrected chi connectivity index (χ1v) is 6.69. The molecule has 2 bridgehead atoms. The van der Waals surface area contributed by atoms with Crippen LogP contribution in [0.2, 0.25) is 0 Å². The second-order valence-corrected chi connectivity index (χ2v) is 6.39. The van der Waals surface area contributed by atoms with Gasteiger partial charge in [-0.3, -0.25) is 4.79 Å². The number of esters is 1. The highest BCUT2D eigenvalue weighted by molar-refractivity contribution is 5.77. The van der Waals surface area contributed by atoms with Crippen molar-refractivity contribution in [3.05, 3.63) is 0 Å². The van der Waals surface area contributed by atoms with E-state index in [0.29, 0.717) is 0 Å². The smallest absolute Gasteiger partial charge is 0.310 e. The molecule has 2 heterocycles. The Balaban J connectivity index is 1.68. The number of cyclic esters (lactones) is 1. The van der Waals surface area contributed by atoms with E-state index < -0.39 is 5.79 Å². The van der Waals surface area contributed by atoms with Gasteiger partial charge in [-0.25, -0.2) is 0 Å². The molecule has 4 fully saturated rings. The van der Waals surface area contributed by atoms with Gasteiger partial charge >= 0.3 is 5.97 Å². The minimum Gasteiger partial charge on any atom is -0.459 e. The van der Waals surface area contributed by atoms with E-state index in [1.165, 1.54) is 0 Å². The monoisotopic (exact) mass is 254 g/mol. The summed E-state index contributed by atoms with van der Waals surface area (Å²) in [7, 11) is 0. The van der Waals surface area contributed by atoms with Crippen LogP contribution in [-0.2, 0) is 19.0 Å². The van der Waals surface area contributed by atoms with Gasteiger partial charge in [0.2, 0.25) is 0 Å². The maximum absolute atomic E-state index is 11.9. The first kappa shape index (κ1) is 11.2. The van der Waals surface area contributed by atoms with Gasteiger partial charge in [0, 0.05) is 11.8 Å². The molecule has 0 aromatic rings. The summed E-state index contributed by atoms with van der Waals surface area (Å²) in [5, 5.41) is 9.35. The highest BCUT2D eigenvalue weighted by Gasteiger charge is 2.69. The molecule has 2 saturated heterocycles. The zero-order valence-electron chi connectivity index (χ0n) is 10.5. The van der Waals surface area contributed by atoms with Crippen LogP contribution in [-0.4, -0.2) is 41.8 Å². The highest BCUT2D eigenvalue weighted by Crippen LogP contribution is 2.61. The average Bonchev–Trinajstić information content (AvgIpc) is 2.95. The van der Waals surface area contributed by atoms with Crippen molar-refractivity contribution in [2.75, 3.05) is 6.61 Å². The SMILES string of the molecule is CC1(C)O[C@@H]2[C@@H]3C[C@H]([C@@H]2O1)[C@H]1[C@@H]3C(=O)O[C@@H]1CO. The van der Waals surface area contributed by atoms with Crippen molar-refractivity contribution >= 4 is 5.97 Å². The molecule has 4 rings (SSSR count). The Morgan fingerprint density at radius 3 is 2.61 bits per heavy atom. The number of carbonyl (C=O) groups excluding carboxylic acids is 1. The van der Waals surface area contributed by atoms with Crippen molar-refractivity contribution in [1.29, 1.82) is 0 Å².